The van der Waals surface area contributed by atoms with Crippen molar-refractivity contribution in [1.82, 2.24) is 9.78 Å². The number of carbonyl (C=O) groups excluding carboxylic acids is 2. The minimum atomic E-state index is -0.127. The number of anilines is 1. The number of aryl methyl sites for hydroxylation is 1. The molecule has 0 radical (unpaired) electrons. The predicted molar refractivity (Wildman–Crippen MR) is 95.2 cm³/mol. The van der Waals surface area contributed by atoms with Crippen molar-refractivity contribution in [2.75, 3.05) is 4.90 Å². The maximum atomic E-state index is 12.9. The van der Waals surface area contributed by atoms with Crippen LogP contribution in [0.25, 0.3) is 0 Å². The van der Waals surface area contributed by atoms with Gasteiger partial charge in [-0.2, -0.15) is 5.10 Å². The van der Waals surface area contributed by atoms with E-state index in [4.69, 9.17) is 0 Å². The van der Waals surface area contributed by atoms with E-state index in [0.29, 0.717) is 12.2 Å². The Morgan fingerprint density at radius 1 is 1.00 bits per heavy atom. The Morgan fingerprint density at radius 2 is 1.60 bits per heavy atom. The van der Waals surface area contributed by atoms with Gasteiger partial charge in [0.25, 0.3) is 0 Å². The Bertz CT molecular complexity index is 801. The summed E-state index contributed by atoms with van der Waals surface area (Å²) in [6.07, 6.45) is 3.75. The largest absolute Gasteiger partial charge is 0.274 e. The molecule has 0 spiro atoms. The van der Waals surface area contributed by atoms with Crippen molar-refractivity contribution >= 4 is 17.5 Å². The minimum absolute atomic E-state index is 0.0276. The summed E-state index contributed by atoms with van der Waals surface area (Å²) in [5.41, 5.74) is 3.46. The molecule has 25 heavy (non-hydrogen) atoms. The van der Waals surface area contributed by atoms with Crippen molar-refractivity contribution in [3.8, 4) is 0 Å². The second kappa shape index (κ2) is 6.14. The van der Waals surface area contributed by atoms with E-state index in [-0.39, 0.29) is 23.7 Å². The van der Waals surface area contributed by atoms with Crippen molar-refractivity contribution < 1.29 is 9.59 Å². The van der Waals surface area contributed by atoms with Crippen molar-refractivity contribution in [3.63, 3.8) is 0 Å². The number of hydrogen-bond donors (Lipinski definition) is 0. The van der Waals surface area contributed by atoms with Gasteiger partial charge in [0.15, 0.2) is 0 Å². The fourth-order valence-corrected chi connectivity index (χ4v) is 4.30. The van der Waals surface area contributed by atoms with Gasteiger partial charge in [0.1, 0.15) is 0 Å². The Kier molecular flexibility index (Phi) is 3.94. The zero-order valence-corrected chi connectivity index (χ0v) is 14.7. The van der Waals surface area contributed by atoms with Crippen molar-refractivity contribution in [2.24, 2.45) is 11.8 Å². The number of carbonyl (C=O) groups is 2. The van der Waals surface area contributed by atoms with Crippen LogP contribution < -0.4 is 4.90 Å². The first-order valence-corrected chi connectivity index (χ1v) is 9.03. The molecule has 0 bridgehead atoms. The smallest absolute Gasteiger partial charge is 0.237 e. The predicted octanol–water partition coefficient (Wildman–Crippen LogP) is 3.23. The van der Waals surface area contributed by atoms with Crippen LogP contribution in [0.4, 0.5) is 5.69 Å². The fourth-order valence-electron chi connectivity index (χ4n) is 4.30. The number of rotatable bonds is 3. The number of nitrogens with zero attached hydrogens (tertiary/aromatic N) is 3. The van der Waals surface area contributed by atoms with Crippen LogP contribution >= 0.6 is 0 Å². The second-order valence-corrected chi connectivity index (χ2v) is 7.17. The molecular formula is C20H23N3O2. The quantitative estimate of drug-likeness (QED) is 0.808. The lowest BCUT2D eigenvalue weighted by Gasteiger charge is -2.19. The molecule has 2 atom stereocenters. The molecule has 2 fully saturated rings. The van der Waals surface area contributed by atoms with Gasteiger partial charge in [-0.25, -0.2) is 4.90 Å². The molecule has 1 aromatic carbocycles. The normalized spacial score (nSPS) is 23.2. The lowest BCUT2D eigenvalue weighted by Crippen LogP contribution is -2.31. The Labute approximate surface area is 147 Å². The highest BCUT2D eigenvalue weighted by Crippen LogP contribution is 2.41. The highest BCUT2D eigenvalue weighted by Gasteiger charge is 2.49. The van der Waals surface area contributed by atoms with Crippen molar-refractivity contribution in [2.45, 2.75) is 46.1 Å². The van der Waals surface area contributed by atoms with E-state index in [0.717, 1.165) is 42.6 Å². The summed E-state index contributed by atoms with van der Waals surface area (Å²) >= 11 is 0. The zero-order valence-electron chi connectivity index (χ0n) is 14.7. The number of aromatic nitrogens is 2. The number of fused-ring (bicyclic) bond motifs is 1. The summed E-state index contributed by atoms with van der Waals surface area (Å²) < 4.78 is 1.89. The maximum absolute atomic E-state index is 12.9. The van der Waals surface area contributed by atoms with E-state index < -0.39 is 0 Å². The van der Waals surface area contributed by atoms with Gasteiger partial charge in [0, 0.05) is 0 Å². The van der Waals surface area contributed by atoms with Gasteiger partial charge in [-0.1, -0.05) is 43.2 Å². The molecule has 2 amide bonds. The summed E-state index contributed by atoms with van der Waals surface area (Å²) in [7, 11) is 0. The van der Waals surface area contributed by atoms with Gasteiger partial charge in [0.2, 0.25) is 11.8 Å². The molecule has 1 aliphatic heterocycles. The summed E-state index contributed by atoms with van der Waals surface area (Å²) in [5, 5.41) is 4.61. The summed E-state index contributed by atoms with van der Waals surface area (Å²) in [6, 6.07) is 10.1. The van der Waals surface area contributed by atoms with Crippen LogP contribution in [-0.2, 0) is 16.1 Å². The average molecular weight is 337 g/mol. The lowest BCUT2D eigenvalue weighted by molar-refractivity contribution is -0.122. The summed E-state index contributed by atoms with van der Waals surface area (Å²) in [5.74, 6) is -0.310. The standard InChI is InChI=1S/C20H23N3O2/c1-13-18(14(2)22(21-13)12-15-8-4-3-5-9-15)23-19(24)16-10-6-7-11-17(16)20(23)25/h3-5,8-9,16-17H,6-7,10-12H2,1-2H3. The van der Waals surface area contributed by atoms with E-state index >= 15 is 0 Å². The monoisotopic (exact) mass is 337 g/mol. The van der Waals surface area contributed by atoms with Crippen LogP contribution in [0.1, 0.15) is 42.6 Å². The first-order valence-electron chi connectivity index (χ1n) is 9.03. The second-order valence-electron chi connectivity index (χ2n) is 7.17. The van der Waals surface area contributed by atoms with E-state index in [1.54, 1.807) is 0 Å². The Balaban J connectivity index is 1.69. The molecule has 1 aromatic heterocycles. The molecule has 4 rings (SSSR count). The molecule has 2 unspecified atom stereocenters. The third-order valence-corrected chi connectivity index (χ3v) is 5.58. The molecule has 1 saturated heterocycles. The number of imide groups is 1. The zero-order chi connectivity index (χ0) is 17.6. The topological polar surface area (TPSA) is 55.2 Å². The molecule has 1 saturated carbocycles. The lowest BCUT2D eigenvalue weighted by atomic mass is 9.81. The first-order chi connectivity index (χ1) is 12.1. The third-order valence-electron chi connectivity index (χ3n) is 5.58. The number of amides is 2. The molecule has 0 N–H and O–H groups in total. The van der Waals surface area contributed by atoms with E-state index in [1.807, 2.05) is 36.7 Å². The van der Waals surface area contributed by atoms with Crippen LogP contribution in [-0.4, -0.2) is 21.6 Å². The van der Waals surface area contributed by atoms with Crippen LogP contribution in [0.15, 0.2) is 30.3 Å². The van der Waals surface area contributed by atoms with E-state index in [9.17, 15) is 9.59 Å². The Morgan fingerprint density at radius 3 is 2.20 bits per heavy atom. The summed E-state index contributed by atoms with van der Waals surface area (Å²) in [6.45, 7) is 4.46. The van der Waals surface area contributed by atoms with E-state index in [2.05, 4.69) is 17.2 Å². The van der Waals surface area contributed by atoms with Crippen LogP contribution in [0, 0.1) is 25.7 Å². The van der Waals surface area contributed by atoms with Gasteiger partial charge in [-0.05, 0) is 32.3 Å². The molecule has 2 heterocycles. The molecular weight excluding hydrogens is 314 g/mol. The molecule has 2 aromatic rings. The van der Waals surface area contributed by atoms with Gasteiger partial charge in [-0.3, -0.25) is 14.3 Å². The maximum Gasteiger partial charge on any atom is 0.237 e. The first kappa shape index (κ1) is 16.1. The van der Waals surface area contributed by atoms with Gasteiger partial charge >= 0.3 is 0 Å². The highest BCUT2D eigenvalue weighted by atomic mass is 16.2. The van der Waals surface area contributed by atoms with Crippen LogP contribution in [0.3, 0.4) is 0 Å². The van der Waals surface area contributed by atoms with Gasteiger partial charge in [-0.15, -0.1) is 0 Å². The molecule has 1 aliphatic carbocycles. The third kappa shape index (κ3) is 2.58. The number of hydrogen-bond acceptors (Lipinski definition) is 3. The highest BCUT2D eigenvalue weighted by molar-refractivity contribution is 6.22. The molecule has 130 valence electrons. The molecule has 2 aliphatic rings. The van der Waals surface area contributed by atoms with Gasteiger partial charge in [0.05, 0.1) is 35.5 Å². The van der Waals surface area contributed by atoms with Crippen molar-refractivity contribution in [1.29, 1.82) is 0 Å². The van der Waals surface area contributed by atoms with Crippen LogP contribution in [0.2, 0.25) is 0 Å². The SMILES string of the molecule is Cc1nn(Cc2ccccc2)c(C)c1N1C(=O)C2CCCCC2C1=O. The summed E-state index contributed by atoms with van der Waals surface area (Å²) in [4.78, 5) is 27.2. The number of benzene rings is 1. The molecule has 5 nitrogen and oxygen atoms in total. The molecule has 5 heteroatoms. The van der Waals surface area contributed by atoms with Gasteiger partial charge < -0.3 is 0 Å². The minimum Gasteiger partial charge on any atom is -0.274 e. The van der Waals surface area contributed by atoms with Crippen LogP contribution in [0.5, 0.6) is 0 Å². The fraction of sp³-hybridized carbons (Fsp3) is 0.450. The average Bonchev–Trinajstić information content (AvgIpc) is 3.03. The van der Waals surface area contributed by atoms with Crippen molar-refractivity contribution in [3.05, 3.63) is 47.3 Å². The van der Waals surface area contributed by atoms with E-state index in [1.165, 1.54) is 4.90 Å². The Hall–Kier alpha value is -2.43.